The van der Waals surface area contributed by atoms with E-state index < -0.39 is 68.5 Å². The predicted octanol–water partition coefficient (Wildman–Crippen LogP) is -0.323. The largest absolute Gasteiger partial charge is 0.465 e. The van der Waals surface area contributed by atoms with Crippen LogP contribution < -0.4 is 21.9 Å². The van der Waals surface area contributed by atoms with Crippen LogP contribution in [0, 0.1) is 10.1 Å². The Labute approximate surface area is 247 Å². The molecule has 6 N–H and O–H groups in total. The standard InChI is InChI=1S/C21H34IN8O8PS/c1-4-38-18(31)13-28(2)20(33)15(26-19(32)14(23)8-7-11-25-21(24)27-39-22)12-29(3)40(36,37)17-10-6-5-9-16(17)30(34)35/h5-6,9-10,14-15,39H,4,7-8,11-13,23H2,1-3H3,(H,26,32)(H3,24,25,27)/t14-,15-/m0/s1. The monoisotopic (exact) mass is 716 g/mol. The number of nitro groups is 1. The van der Waals surface area contributed by atoms with Crippen LogP contribution in [0.1, 0.15) is 19.8 Å². The summed E-state index contributed by atoms with van der Waals surface area (Å²) in [7, 11) is -2.09. The van der Waals surface area contributed by atoms with Crippen molar-refractivity contribution >= 4 is 67.9 Å². The minimum atomic E-state index is -4.47. The number of nitro benzene ring substituents is 1. The molecule has 0 aromatic heterocycles. The van der Waals surface area contributed by atoms with Crippen LogP contribution in [-0.2, 0) is 29.1 Å². The second-order valence-corrected chi connectivity index (χ2v) is 12.4. The summed E-state index contributed by atoms with van der Waals surface area (Å²) in [6.07, 6.45) is 0.921. The topological polar surface area (TPSA) is 233 Å². The zero-order valence-corrected chi connectivity index (χ0v) is 26.2. The Morgan fingerprint density at radius 3 is 2.52 bits per heavy atom. The number of carbonyl (C=O) groups excluding carboxylic acids is 3. The Morgan fingerprint density at radius 1 is 1.27 bits per heavy atom. The first-order valence-corrected chi connectivity index (χ1v) is 17.4. The Morgan fingerprint density at radius 2 is 1.93 bits per heavy atom. The van der Waals surface area contributed by atoms with Gasteiger partial charge in [-0.3, -0.25) is 29.5 Å². The van der Waals surface area contributed by atoms with Crippen molar-refractivity contribution < 1.29 is 32.5 Å². The van der Waals surface area contributed by atoms with E-state index in [0.29, 0.717) is 23.6 Å². The molecule has 0 spiro atoms. The molecule has 1 aromatic rings. The van der Waals surface area contributed by atoms with Crippen LogP contribution in [0.3, 0.4) is 0 Å². The summed E-state index contributed by atoms with van der Waals surface area (Å²) in [4.78, 5) is 53.0. The van der Waals surface area contributed by atoms with Gasteiger partial charge in [0.1, 0.15) is 12.6 Å². The highest BCUT2D eigenvalue weighted by Crippen LogP contribution is 2.25. The fourth-order valence-electron chi connectivity index (χ4n) is 3.29. The fourth-order valence-corrected chi connectivity index (χ4v) is 5.63. The number of hydrogen-bond donors (Lipinski definition) is 4. The number of carbonyl (C=O) groups is 3. The van der Waals surface area contributed by atoms with Crippen LogP contribution in [0.4, 0.5) is 5.69 Å². The minimum absolute atomic E-state index is 0.0803. The Balaban J connectivity index is 3.13. The van der Waals surface area contributed by atoms with Gasteiger partial charge in [-0.2, -0.15) is 4.31 Å². The molecule has 19 heteroatoms. The molecule has 0 fully saturated rings. The van der Waals surface area contributed by atoms with E-state index in [4.69, 9.17) is 16.2 Å². The lowest BCUT2D eigenvalue weighted by Crippen LogP contribution is -2.56. The third-order valence-corrected chi connectivity index (χ3v) is 8.35. The van der Waals surface area contributed by atoms with Crippen molar-refractivity contribution in [3.05, 3.63) is 34.4 Å². The average Bonchev–Trinajstić information content (AvgIpc) is 2.90. The van der Waals surface area contributed by atoms with Crippen molar-refractivity contribution in [2.45, 2.75) is 36.7 Å². The maximum atomic E-state index is 13.2. The minimum Gasteiger partial charge on any atom is -0.465 e. The van der Waals surface area contributed by atoms with Crippen molar-refractivity contribution in [1.29, 1.82) is 0 Å². The number of guanidine groups is 1. The van der Waals surface area contributed by atoms with Gasteiger partial charge >= 0.3 is 5.97 Å². The number of nitrogens with two attached hydrogens (primary N) is 2. The van der Waals surface area contributed by atoms with Crippen molar-refractivity contribution in [3.8, 4) is 0 Å². The van der Waals surface area contributed by atoms with E-state index in [-0.39, 0.29) is 19.0 Å². The first kappa shape index (κ1) is 35.4. The Hall–Kier alpha value is -2.67. The molecule has 224 valence electrons. The van der Waals surface area contributed by atoms with Crippen LogP contribution in [0.25, 0.3) is 0 Å². The summed E-state index contributed by atoms with van der Waals surface area (Å²) in [5.74, 6) is -2.01. The molecule has 0 radical (unpaired) electrons. The molecular formula is C21H34IN8O8PS. The van der Waals surface area contributed by atoms with Gasteiger partial charge in [0.2, 0.25) is 21.8 Å². The molecule has 1 aromatic carbocycles. The van der Waals surface area contributed by atoms with Crippen LogP contribution in [0.5, 0.6) is 0 Å². The molecule has 0 saturated heterocycles. The number of aliphatic imine (C=N–C) groups is 1. The number of ether oxygens (including phenoxy) is 1. The molecule has 0 aliphatic rings. The summed E-state index contributed by atoms with van der Waals surface area (Å²) < 4.78 is 32.0. The normalized spacial score (nSPS) is 13.6. The number of esters is 1. The number of rotatable bonds is 16. The van der Waals surface area contributed by atoms with Gasteiger partial charge < -0.3 is 31.5 Å². The summed E-state index contributed by atoms with van der Waals surface area (Å²) in [6, 6.07) is 2.18. The maximum Gasteiger partial charge on any atom is 0.325 e. The second kappa shape index (κ2) is 17.2. The third-order valence-electron chi connectivity index (χ3n) is 5.32. The van der Waals surface area contributed by atoms with Crippen molar-refractivity contribution in [2.24, 2.45) is 16.5 Å². The van der Waals surface area contributed by atoms with Gasteiger partial charge in [0, 0.05) is 39.6 Å². The lowest BCUT2D eigenvalue weighted by atomic mass is 10.1. The molecule has 40 heavy (non-hydrogen) atoms. The first-order chi connectivity index (χ1) is 18.8. The van der Waals surface area contributed by atoms with Gasteiger partial charge in [-0.1, -0.05) is 12.1 Å². The van der Waals surface area contributed by atoms with Gasteiger partial charge in [0.25, 0.3) is 5.69 Å². The Kier molecular flexibility index (Phi) is 15.2. The lowest BCUT2D eigenvalue weighted by molar-refractivity contribution is -0.387. The number of nitrogens with zero attached hydrogens (tertiary/aromatic N) is 4. The number of sulfonamides is 1. The highest BCUT2D eigenvalue weighted by molar-refractivity contribution is 14.2. The number of benzene rings is 1. The summed E-state index contributed by atoms with van der Waals surface area (Å²) in [5, 5.41) is 16.7. The molecule has 0 aliphatic carbocycles. The quantitative estimate of drug-likeness (QED) is 0.0253. The summed E-state index contributed by atoms with van der Waals surface area (Å²) in [5.41, 5.74) is 11.0. The Bertz CT molecular complexity index is 1190. The lowest BCUT2D eigenvalue weighted by Gasteiger charge is -2.28. The zero-order chi connectivity index (χ0) is 30.5. The summed E-state index contributed by atoms with van der Waals surface area (Å²) in [6.45, 7) is 0.894. The molecule has 2 amide bonds. The smallest absolute Gasteiger partial charge is 0.325 e. The molecule has 16 nitrogen and oxygen atoms in total. The van der Waals surface area contributed by atoms with E-state index in [2.05, 4.69) is 37.4 Å². The average molecular weight is 716 g/mol. The second-order valence-electron chi connectivity index (χ2n) is 8.31. The van der Waals surface area contributed by atoms with E-state index in [9.17, 15) is 32.9 Å². The van der Waals surface area contributed by atoms with Crippen LogP contribution in [-0.4, -0.2) is 98.7 Å². The number of para-hydroxylation sites is 1. The van der Waals surface area contributed by atoms with Gasteiger partial charge in [0.15, 0.2) is 10.9 Å². The van der Waals surface area contributed by atoms with Gasteiger partial charge in [-0.25, -0.2) is 8.42 Å². The molecule has 0 aliphatic heterocycles. The van der Waals surface area contributed by atoms with E-state index in [1.807, 2.05) is 0 Å². The van der Waals surface area contributed by atoms with Gasteiger partial charge in [-0.15, -0.1) is 0 Å². The number of amides is 2. The zero-order valence-electron chi connectivity index (χ0n) is 22.2. The molecule has 1 unspecified atom stereocenters. The molecule has 0 saturated carbocycles. The third kappa shape index (κ3) is 11.1. The maximum absolute atomic E-state index is 13.2. The molecule has 3 atom stereocenters. The number of nitrogens with one attached hydrogen (secondary N) is 2. The van der Waals surface area contributed by atoms with Crippen LogP contribution >= 0.6 is 28.4 Å². The van der Waals surface area contributed by atoms with Gasteiger partial charge in [-0.05, 0) is 47.9 Å². The van der Waals surface area contributed by atoms with Crippen molar-refractivity contribution in [3.63, 3.8) is 0 Å². The molecule has 0 heterocycles. The van der Waals surface area contributed by atoms with Crippen LogP contribution in [0.15, 0.2) is 34.2 Å². The van der Waals surface area contributed by atoms with Crippen LogP contribution in [0.2, 0.25) is 0 Å². The summed E-state index contributed by atoms with van der Waals surface area (Å²) >= 11 is 2.09. The SMILES string of the molecule is CCOC(=O)CN(C)C(=O)[C@H](CN(C)S(=O)(=O)c1ccccc1[N+](=O)[O-])NC(=O)[C@@H](N)CCCN=C(N)NPI. The number of likely N-dealkylation sites (N-methyl/N-ethyl adjacent to an activating group) is 2. The number of halogens is 1. The van der Waals surface area contributed by atoms with Crippen molar-refractivity contribution in [1.82, 2.24) is 19.6 Å². The van der Waals surface area contributed by atoms with Gasteiger partial charge in [0.05, 0.1) is 17.6 Å². The van der Waals surface area contributed by atoms with E-state index >= 15 is 0 Å². The predicted molar refractivity (Wildman–Crippen MR) is 158 cm³/mol. The highest BCUT2D eigenvalue weighted by atomic mass is 127. The van der Waals surface area contributed by atoms with E-state index in [1.54, 1.807) is 6.92 Å². The number of hydrogen-bond acceptors (Lipinski definition) is 10. The highest BCUT2D eigenvalue weighted by Gasteiger charge is 2.34. The molecule has 0 bridgehead atoms. The van der Waals surface area contributed by atoms with E-state index in [0.717, 1.165) is 24.1 Å². The fraction of sp³-hybridized carbons (Fsp3) is 0.524. The first-order valence-electron chi connectivity index (χ1n) is 11.8. The molecular weight excluding hydrogens is 682 g/mol. The molecule has 1 rings (SSSR count). The van der Waals surface area contributed by atoms with Crippen molar-refractivity contribution in [2.75, 3.05) is 40.3 Å². The van der Waals surface area contributed by atoms with E-state index in [1.165, 1.54) is 19.2 Å².